The number of nitrogens with one attached hydrogen (secondary N) is 4. The Hall–Kier alpha value is -6.43. The van der Waals surface area contributed by atoms with Crippen LogP contribution < -0.4 is 21.3 Å². The van der Waals surface area contributed by atoms with Gasteiger partial charge in [0, 0.05) is 49.3 Å². The summed E-state index contributed by atoms with van der Waals surface area (Å²) in [6.45, 7) is 28.3. The van der Waals surface area contributed by atoms with E-state index in [1.54, 1.807) is 46.8 Å². The van der Waals surface area contributed by atoms with Crippen molar-refractivity contribution in [1.82, 2.24) is 55.6 Å². The zero-order valence-electron chi connectivity index (χ0n) is 54.4. The summed E-state index contributed by atoms with van der Waals surface area (Å²) in [5.74, 6) is -10.2. The second kappa shape index (κ2) is 33.9. The average molecular weight is 1190 g/mol. The maximum atomic E-state index is 15.1. The van der Waals surface area contributed by atoms with Crippen LogP contribution in [0.2, 0.25) is 0 Å². The summed E-state index contributed by atoms with van der Waals surface area (Å²) >= 11 is 0. The van der Waals surface area contributed by atoms with Crippen molar-refractivity contribution in [3.05, 3.63) is 24.3 Å². The van der Waals surface area contributed by atoms with Gasteiger partial charge < -0.3 is 65.8 Å². The van der Waals surface area contributed by atoms with Crippen LogP contribution in [0.1, 0.15) is 136 Å². The molecule has 1 rings (SSSR count). The predicted octanol–water partition coefficient (Wildman–Crippen LogP) is 1.52. The van der Waals surface area contributed by atoms with E-state index < -0.39 is 156 Å². The lowest BCUT2D eigenvalue weighted by Gasteiger charge is -2.41. The van der Waals surface area contributed by atoms with Crippen molar-refractivity contribution >= 4 is 65.0 Å². The zero-order valence-corrected chi connectivity index (χ0v) is 54.4. The number of hydrogen-bond donors (Lipinski definition) is 6. The van der Waals surface area contributed by atoms with Crippen molar-refractivity contribution in [2.75, 3.05) is 55.9 Å². The lowest BCUT2D eigenvalue weighted by molar-refractivity contribution is -0.157. The van der Waals surface area contributed by atoms with E-state index in [0.717, 1.165) is 19.6 Å². The Bertz CT molecular complexity index is 2360. The number of carbonyl (C=O) groups excluding carboxylic acids is 11. The average Bonchev–Trinajstić information content (AvgIpc) is 3.62. The quantitative estimate of drug-likeness (QED) is 0.135. The zero-order chi connectivity index (χ0) is 65.3. The Morgan fingerprint density at radius 3 is 1.46 bits per heavy atom. The van der Waals surface area contributed by atoms with Crippen LogP contribution in [0, 0.1) is 29.6 Å². The van der Waals surface area contributed by atoms with Crippen LogP contribution in [0.4, 0.5) is 0 Å². The minimum absolute atomic E-state index is 0.0266. The second-order valence-corrected chi connectivity index (χ2v) is 24.7. The first-order valence-electron chi connectivity index (χ1n) is 29.4. The number of amides is 11. The van der Waals surface area contributed by atoms with Gasteiger partial charge in [-0.25, -0.2) is 0 Å². The van der Waals surface area contributed by atoms with E-state index in [2.05, 4.69) is 27.8 Å². The molecule has 0 aromatic heterocycles. The highest BCUT2D eigenvalue weighted by Crippen LogP contribution is 2.25. The fraction of sp³-hybridized carbons (Fsp3) is 0.750. The molecule has 478 valence electrons. The first-order valence-corrected chi connectivity index (χ1v) is 29.4. The van der Waals surface area contributed by atoms with Crippen LogP contribution in [0.25, 0.3) is 0 Å². The second-order valence-electron chi connectivity index (χ2n) is 24.7. The Morgan fingerprint density at radius 1 is 0.548 bits per heavy atom. The number of nitrogens with zero attached hydrogens (tertiary/aromatic N) is 7. The van der Waals surface area contributed by atoms with E-state index in [0.29, 0.717) is 0 Å². The molecule has 0 unspecified atom stereocenters. The molecule has 0 bridgehead atoms. The summed E-state index contributed by atoms with van der Waals surface area (Å²) in [7, 11) is 9.43. The molecule has 1 aliphatic heterocycles. The molecule has 1 saturated heterocycles. The van der Waals surface area contributed by atoms with E-state index >= 15 is 9.59 Å². The monoisotopic (exact) mass is 1190 g/mol. The van der Waals surface area contributed by atoms with Gasteiger partial charge in [-0.1, -0.05) is 88.0 Å². The highest BCUT2D eigenvalue weighted by molar-refractivity contribution is 6.00. The van der Waals surface area contributed by atoms with Gasteiger partial charge in [-0.15, -0.1) is 0 Å². The maximum Gasteiger partial charge on any atom is 0.249 e. The lowest BCUT2D eigenvalue weighted by atomic mass is 9.91. The Kier molecular flexibility index (Phi) is 30.5. The van der Waals surface area contributed by atoms with E-state index in [1.165, 1.54) is 91.7 Å². The molecular formula is C60H105N11O13. The van der Waals surface area contributed by atoms with Crippen LogP contribution in [0.3, 0.4) is 0 Å². The topological polar surface area (TPSA) is 299 Å². The number of hydrogen-bond acceptors (Lipinski definition) is 13. The van der Waals surface area contributed by atoms with Gasteiger partial charge in [0.05, 0.1) is 18.8 Å². The van der Waals surface area contributed by atoms with E-state index in [1.807, 2.05) is 41.5 Å². The summed E-state index contributed by atoms with van der Waals surface area (Å²) in [5, 5.41) is 33.6. The summed E-state index contributed by atoms with van der Waals surface area (Å²) < 4.78 is 0. The Balaban J connectivity index is 4.31. The van der Waals surface area contributed by atoms with Crippen molar-refractivity contribution in [1.29, 1.82) is 0 Å². The molecule has 0 spiro atoms. The maximum absolute atomic E-state index is 15.1. The number of aliphatic hydroxyl groups excluding tert-OH is 2. The third-order valence-electron chi connectivity index (χ3n) is 15.6. The molecule has 0 aromatic rings. The van der Waals surface area contributed by atoms with Crippen LogP contribution in [-0.4, -0.2) is 238 Å². The van der Waals surface area contributed by atoms with Crippen LogP contribution in [0.5, 0.6) is 0 Å². The molecule has 1 aliphatic rings. The molecule has 6 N–H and O–H groups in total. The van der Waals surface area contributed by atoms with Crippen LogP contribution in [0.15, 0.2) is 24.3 Å². The number of allylic oxidation sites excluding steroid dienone is 2. The van der Waals surface area contributed by atoms with Gasteiger partial charge in [0.1, 0.15) is 60.4 Å². The summed E-state index contributed by atoms with van der Waals surface area (Å²) in [6, 6.07) is -13.5. The molecular weight excluding hydrogens is 1080 g/mol. The molecule has 1 heterocycles. The molecule has 84 heavy (non-hydrogen) atoms. The van der Waals surface area contributed by atoms with Crippen LogP contribution >= 0.6 is 0 Å². The van der Waals surface area contributed by atoms with E-state index in [-0.39, 0.29) is 55.4 Å². The fourth-order valence-corrected chi connectivity index (χ4v) is 10.3. The summed E-state index contributed by atoms with van der Waals surface area (Å²) in [5.41, 5.74) is 0.120. The standard InChI is InChI=1S/C60H105N11O13/c1-24-26-27-37(13)50(74)49-54(78)62-41(25-2)56(80)65(17)31-45(73)69(21)48(40(16)72)53(77)64-46(35(9)10)59(83)66(18)39(15)51(75)63-42(28-32(3)4)52(76)61-38(14)55(79)67(19)43(29-33(5)6)57(81)68(20)44(30-34(7)8)58(82)70(22)47(36(11)12)60(84)71(49)23/h24,26,32-34,36-44,46-50,72,74H,9,25,27-31H2,1-8,10-23H3,(H,61,76)(H,62,78)(H,63,75)(H,64,77)/b26-24+/t37-,38-,39+,40-,41+,42+,43+,44-,46+,47+,48+,49+,50-/m1/s1. The molecule has 1 fully saturated rings. The number of carbonyl (C=O) groups is 11. The minimum atomic E-state index is -1.64. The molecule has 11 amide bonds. The molecule has 0 saturated carbocycles. The SMILES string of the molecule is C=C(C)[C@@H]1NC(=O)[C@H]([C@@H](C)O)N(C)C(=O)CN(C)C(=O)[C@H](CC)NC(=O)[C@H]([C@H](O)[C@H](C)C/C=C/C)N(C)C(=O)[C@H](C(C)C)N(C)C(=O)[C@@H](CC(C)C)N(C)C(=O)[C@H](CC(C)C)N(C)C(=O)[C@@H](C)NC(=O)[C@H](CC(C)C)NC(=O)[C@H](C)N(C)C1=O. The van der Waals surface area contributed by atoms with Gasteiger partial charge >= 0.3 is 0 Å². The first-order chi connectivity index (χ1) is 38.7. The predicted molar refractivity (Wildman–Crippen MR) is 321 cm³/mol. The number of likely N-dealkylation sites (N-methyl/N-ethyl adjacent to an activating group) is 7. The molecule has 0 radical (unpaired) electrons. The van der Waals surface area contributed by atoms with Crippen molar-refractivity contribution in [3.8, 4) is 0 Å². The largest absolute Gasteiger partial charge is 0.391 e. The smallest absolute Gasteiger partial charge is 0.249 e. The van der Waals surface area contributed by atoms with Gasteiger partial charge in [0.25, 0.3) is 0 Å². The van der Waals surface area contributed by atoms with Crippen molar-refractivity contribution < 1.29 is 63.0 Å². The van der Waals surface area contributed by atoms with Gasteiger partial charge in [-0.3, -0.25) is 52.7 Å². The molecule has 0 aromatic carbocycles. The van der Waals surface area contributed by atoms with Gasteiger partial charge in [-0.05, 0) is 102 Å². The normalized spacial score (nSPS) is 27.3. The molecule has 24 nitrogen and oxygen atoms in total. The van der Waals surface area contributed by atoms with E-state index in [4.69, 9.17) is 0 Å². The molecule has 24 heteroatoms. The Morgan fingerprint density at radius 2 is 1.01 bits per heavy atom. The lowest BCUT2D eigenvalue weighted by Crippen LogP contribution is -2.63. The summed E-state index contributed by atoms with van der Waals surface area (Å²) in [4.78, 5) is 167. The molecule has 13 atom stereocenters. The van der Waals surface area contributed by atoms with Crippen molar-refractivity contribution in [3.63, 3.8) is 0 Å². The van der Waals surface area contributed by atoms with Gasteiger partial charge in [0.15, 0.2) is 0 Å². The van der Waals surface area contributed by atoms with Crippen molar-refractivity contribution in [2.45, 2.75) is 209 Å². The number of rotatable bonds is 14. The van der Waals surface area contributed by atoms with Crippen molar-refractivity contribution in [2.24, 2.45) is 29.6 Å². The highest BCUT2D eigenvalue weighted by atomic mass is 16.3. The minimum Gasteiger partial charge on any atom is -0.391 e. The third kappa shape index (κ3) is 20.4. The number of aliphatic hydroxyl groups is 2. The van der Waals surface area contributed by atoms with Gasteiger partial charge in [-0.2, -0.15) is 0 Å². The molecule has 0 aliphatic carbocycles. The first kappa shape index (κ1) is 75.6. The summed E-state index contributed by atoms with van der Waals surface area (Å²) in [6.07, 6.45) is 1.11. The van der Waals surface area contributed by atoms with E-state index in [9.17, 15) is 53.4 Å². The third-order valence-corrected chi connectivity index (χ3v) is 15.6. The van der Waals surface area contributed by atoms with Crippen LogP contribution in [-0.2, 0) is 52.7 Å². The fourth-order valence-electron chi connectivity index (χ4n) is 10.3. The highest BCUT2D eigenvalue weighted by Gasteiger charge is 2.45. The van der Waals surface area contributed by atoms with Gasteiger partial charge in [0.2, 0.25) is 65.0 Å². The Labute approximate surface area is 500 Å².